The van der Waals surface area contributed by atoms with Gasteiger partial charge in [-0.25, -0.2) is 0 Å². The van der Waals surface area contributed by atoms with Gasteiger partial charge in [-0.05, 0) is 40.2 Å². The molecule has 0 amide bonds. The van der Waals surface area contributed by atoms with Gasteiger partial charge in [0.1, 0.15) is 12.1 Å². The number of anilines is 1. The standard InChI is InChI=1S/C12H8Br2N6O/c13-8-3-7(12(21)9(14)4-8)5-15-17-10-1-2-11-18-16-6-20(11)19-10/h1-6,21H,(H,17,19). The third-order valence-electron chi connectivity index (χ3n) is 2.60. The van der Waals surface area contributed by atoms with Gasteiger partial charge < -0.3 is 5.11 Å². The van der Waals surface area contributed by atoms with E-state index < -0.39 is 0 Å². The summed E-state index contributed by atoms with van der Waals surface area (Å²) in [6.45, 7) is 0. The van der Waals surface area contributed by atoms with Gasteiger partial charge in [-0.3, -0.25) is 5.43 Å². The van der Waals surface area contributed by atoms with E-state index >= 15 is 0 Å². The van der Waals surface area contributed by atoms with Gasteiger partial charge in [0, 0.05) is 10.0 Å². The molecule has 3 rings (SSSR count). The van der Waals surface area contributed by atoms with Gasteiger partial charge in [0.05, 0.1) is 10.7 Å². The number of phenols is 1. The van der Waals surface area contributed by atoms with Crippen LogP contribution in [0.3, 0.4) is 0 Å². The molecule has 0 saturated heterocycles. The molecule has 106 valence electrons. The molecule has 2 aromatic heterocycles. The van der Waals surface area contributed by atoms with Crippen molar-refractivity contribution in [2.24, 2.45) is 5.10 Å². The van der Waals surface area contributed by atoms with E-state index in [1.165, 1.54) is 17.1 Å². The summed E-state index contributed by atoms with van der Waals surface area (Å²) in [6.07, 6.45) is 3.00. The van der Waals surface area contributed by atoms with E-state index in [4.69, 9.17) is 0 Å². The Morgan fingerprint density at radius 1 is 1.29 bits per heavy atom. The zero-order valence-corrected chi connectivity index (χ0v) is 13.6. The highest BCUT2D eigenvalue weighted by molar-refractivity contribution is 9.11. The van der Waals surface area contributed by atoms with Crippen molar-refractivity contribution in [1.82, 2.24) is 19.8 Å². The maximum absolute atomic E-state index is 9.91. The van der Waals surface area contributed by atoms with Crippen molar-refractivity contribution in [3.8, 4) is 5.75 Å². The molecule has 0 spiro atoms. The second kappa shape index (κ2) is 5.78. The topological polar surface area (TPSA) is 87.7 Å². The Hall–Kier alpha value is -2.00. The van der Waals surface area contributed by atoms with Crippen LogP contribution < -0.4 is 5.43 Å². The minimum atomic E-state index is 0.117. The van der Waals surface area contributed by atoms with Crippen molar-refractivity contribution >= 4 is 49.5 Å². The molecule has 0 aliphatic carbocycles. The first-order chi connectivity index (χ1) is 10.1. The number of aromatic nitrogens is 4. The van der Waals surface area contributed by atoms with Crippen LogP contribution in [0.5, 0.6) is 5.75 Å². The number of nitrogens with one attached hydrogen (secondary N) is 1. The number of hydrogen-bond donors (Lipinski definition) is 2. The number of halogens is 2. The Labute approximate surface area is 136 Å². The Morgan fingerprint density at radius 3 is 3.00 bits per heavy atom. The normalized spacial score (nSPS) is 11.3. The zero-order chi connectivity index (χ0) is 14.8. The van der Waals surface area contributed by atoms with Crippen molar-refractivity contribution in [2.75, 3.05) is 5.43 Å². The molecule has 2 N–H and O–H groups in total. The van der Waals surface area contributed by atoms with E-state index in [0.717, 1.165) is 4.47 Å². The minimum Gasteiger partial charge on any atom is -0.506 e. The number of nitrogens with zero attached hydrogens (tertiary/aromatic N) is 5. The largest absolute Gasteiger partial charge is 0.506 e. The van der Waals surface area contributed by atoms with Crippen molar-refractivity contribution < 1.29 is 5.11 Å². The van der Waals surface area contributed by atoms with Gasteiger partial charge in [0.25, 0.3) is 0 Å². The van der Waals surface area contributed by atoms with Crippen molar-refractivity contribution in [2.45, 2.75) is 0 Å². The summed E-state index contributed by atoms with van der Waals surface area (Å²) < 4.78 is 2.95. The molecule has 0 unspecified atom stereocenters. The van der Waals surface area contributed by atoms with E-state index in [2.05, 4.69) is 57.7 Å². The molecule has 1 aromatic carbocycles. The lowest BCUT2D eigenvalue weighted by Gasteiger charge is -2.03. The monoisotopic (exact) mass is 410 g/mol. The molecule has 21 heavy (non-hydrogen) atoms. The summed E-state index contributed by atoms with van der Waals surface area (Å²) in [5.41, 5.74) is 4.00. The summed E-state index contributed by atoms with van der Waals surface area (Å²) in [5.74, 6) is 0.651. The number of rotatable bonds is 3. The maximum Gasteiger partial charge on any atom is 0.177 e. The number of benzene rings is 1. The third kappa shape index (κ3) is 3.03. The van der Waals surface area contributed by atoms with Crippen LogP contribution in [0, 0.1) is 0 Å². The lowest BCUT2D eigenvalue weighted by molar-refractivity contribution is 0.471. The highest BCUT2D eigenvalue weighted by atomic mass is 79.9. The number of fused-ring (bicyclic) bond motifs is 1. The van der Waals surface area contributed by atoms with Crippen molar-refractivity contribution in [3.05, 3.63) is 45.1 Å². The zero-order valence-electron chi connectivity index (χ0n) is 10.4. The van der Waals surface area contributed by atoms with Crippen LogP contribution in [0.1, 0.15) is 5.56 Å². The van der Waals surface area contributed by atoms with Gasteiger partial charge in [-0.1, -0.05) is 15.9 Å². The van der Waals surface area contributed by atoms with E-state index in [1.807, 2.05) is 0 Å². The molecule has 2 heterocycles. The first kappa shape index (κ1) is 14.0. The van der Waals surface area contributed by atoms with Crippen LogP contribution in [0.4, 0.5) is 5.82 Å². The smallest absolute Gasteiger partial charge is 0.177 e. The van der Waals surface area contributed by atoms with Crippen LogP contribution in [0.25, 0.3) is 5.65 Å². The molecule has 0 radical (unpaired) electrons. The van der Waals surface area contributed by atoms with E-state index in [1.54, 1.807) is 24.3 Å². The van der Waals surface area contributed by atoms with Gasteiger partial charge in [0.15, 0.2) is 11.5 Å². The first-order valence-corrected chi connectivity index (χ1v) is 7.36. The first-order valence-electron chi connectivity index (χ1n) is 5.77. The molecule has 0 fully saturated rings. The SMILES string of the molecule is Oc1c(Br)cc(Br)cc1C=NNc1ccc2nncn2n1. The number of hydrogen-bond acceptors (Lipinski definition) is 6. The molecular formula is C12H8Br2N6O. The van der Waals surface area contributed by atoms with Gasteiger partial charge in [-0.2, -0.15) is 9.62 Å². The van der Waals surface area contributed by atoms with Crippen LogP contribution in [0.2, 0.25) is 0 Å². The Morgan fingerprint density at radius 2 is 2.14 bits per heavy atom. The van der Waals surface area contributed by atoms with E-state index in [0.29, 0.717) is 21.5 Å². The van der Waals surface area contributed by atoms with Crippen LogP contribution in [-0.4, -0.2) is 31.1 Å². The van der Waals surface area contributed by atoms with Gasteiger partial charge in [0.2, 0.25) is 0 Å². The van der Waals surface area contributed by atoms with E-state index in [-0.39, 0.29) is 5.75 Å². The highest BCUT2D eigenvalue weighted by Crippen LogP contribution is 2.30. The second-order valence-electron chi connectivity index (χ2n) is 4.05. The Balaban J connectivity index is 1.80. The average molecular weight is 412 g/mol. The Kier molecular flexibility index (Phi) is 3.84. The molecule has 0 atom stereocenters. The molecule has 0 saturated carbocycles. The predicted molar refractivity (Wildman–Crippen MR) is 85.5 cm³/mol. The molecule has 0 aliphatic heterocycles. The van der Waals surface area contributed by atoms with Crippen molar-refractivity contribution in [3.63, 3.8) is 0 Å². The summed E-state index contributed by atoms with van der Waals surface area (Å²) in [5, 5.41) is 25.8. The average Bonchev–Trinajstić information content (AvgIpc) is 2.91. The van der Waals surface area contributed by atoms with E-state index in [9.17, 15) is 5.11 Å². The second-order valence-corrected chi connectivity index (χ2v) is 5.82. The molecule has 0 aliphatic rings. The molecular weight excluding hydrogens is 404 g/mol. The molecule has 9 heteroatoms. The number of hydrazone groups is 1. The van der Waals surface area contributed by atoms with Crippen molar-refractivity contribution in [1.29, 1.82) is 0 Å². The van der Waals surface area contributed by atoms with Crippen LogP contribution in [0.15, 0.2) is 44.6 Å². The number of aromatic hydroxyl groups is 1. The van der Waals surface area contributed by atoms with Gasteiger partial charge >= 0.3 is 0 Å². The summed E-state index contributed by atoms with van der Waals surface area (Å²) in [4.78, 5) is 0. The fraction of sp³-hybridized carbons (Fsp3) is 0. The predicted octanol–water partition coefficient (Wildman–Crippen LogP) is 2.80. The third-order valence-corrected chi connectivity index (χ3v) is 3.66. The van der Waals surface area contributed by atoms with Gasteiger partial charge in [-0.15, -0.1) is 15.3 Å². The molecule has 0 bridgehead atoms. The number of phenolic OH excluding ortho intramolecular Hbond substituents is 1. The summed E-state index contributed by atoms with van der Waals surface area (Å²) in [6, 6.07) is 7.01. The maximum atomic E-state index is 9.91. The molecule has 7 nitrogen and oxygen atoms in total. The van der Waals surface area contributed by atoms with Crippen LogP contribution in [-0.2, 0) is 0 Å². The quantitative estimate of drug-likeness (QED) is 0.511. The lowest BCUT2D eigenvalue weighted by Crippen LogP contribution is -1.98. The molecule has 3 aromatic rings. The minimum absolute atomic E-state index is 0.117. The van der Waals surface area contributed by atoms with Crippen LogP contribution >= 0.6 is 31.9 Å². The Bertz CT molecular complexity index is 832. The summed E-state index contributed by atoms with van der Waals surface area (Å²) in [7, 11) is 0. The summed E-state index contributed by atoms with van der Waals surface area (Å²) >= 11 is 6.62. The fourth-order valence-corrected chi connectivity index (χ4v) is 2.90. The fourth-order valence-electron chi connectivity index (χ4n) is 1.64. The lowest BCUT2D eigenvalue weighted by atomic mass is 10.2. The highest BCUT2D eigenvalue weighted by Gasteiger charge is 2.05.